The van der Waals surface area contributed by atoms with Crippen LogP contribution in [-0.4, -0.2) is 37.0 Å². The van der Waals surface area contributed by atoms with Crippen LogP contribution in [0, 0.1) is 23.7 Å². The van der Waals surface area contributed by atoms with Gasteiger partial charge < -0.3 is 10.2 Å². The molecular formula is C20H38N2O. The van der Waals surface area contributed by atoms with Crippen LogP contribution in [0.3, 0.4) is 0 Å². The second-order valence-corrected chi connectivity index (χ2v) is 8.17. The highest BCUT2D eigenvalue weighted by atomic mass is 16.2. The van der Waals surface area contributed by atoms with Crippen LogP contribution < -0.4 is 5.32 Å². The van der Waals surface area contributed by atoms with E-state index in [9.17, 15) is 4.79 Å². The van der Waals surface area contributed by atoms with Crippen LogP contribution in [0.1, 0.15) is 72.1 Å². The Labute approximate surface area is 143 Å². The van der Waals surface area contributed by atoms with E-state index in [0.717, 1.165) is 44.4 Å². The van der Waals surface area contributed by atoms with Crippen molar-refractivity contribution in [2.45, 2.75) is 72.1 Å². The first kappa shape index (κ1) is 18.8. The maximum Gasteiger partial charge on any atom is 0.225 e. The summed E-state index contributed by atoms with van der Waals surface area (Å²) < 4.78 is 0. The minimum Gasteiger partial charge on any atom is -0.342 e. The van der Waals surface area contributed by atoms with Gasteiger partial charge in [-0.3, -0.25) is 4.79 Å². The highest BCUT2D eigenvalue weighted by Gasteiger charge is 2.32. The third-order valence-electron chi connectivity index (χ3n) is 6.04. The van der Waals surface area contributed by atoms with Gasteiger partial charge in [-0.1, -0.05) is 52.9 Å². The highest BCUT2D eigenvalue weighted by Crippen LogP contribution is 2.33. The standard InChI is InChI=1S/C20H38N2O/c1-4-21-15-18-10-12-22(13-11-18)20(23)19(16(2)3)14-17-8-6-5-7-9-17/h16-19,21H,4-15H2,1-3H3. The molecule has 0 spiro atoms. The molecule has 0 radical (unpaired) electrons. The minimum absolute atomic E-state index is 0.253. The largest absolute Gasteiger partial charge is 0.342 e. The summed E-state index contributed by atoms with van der Waals surface area (Å²) in [6, 6.07) is 0. The number of rotatable bonds is 7. The molecule has 1 unspecified atom stereocenters. The van der Waals surface area contributed by atoms with Crippen molar-refractivity contribution in [3.63, 3.8) is 0 Å². The summed E-state index contributed by atoms with van der Waals surface area (Å²) in [5.74, 6) is 2.74. The SMILES string of the molecule is CCNCC1CCN(C(=O)C(CC2CCCCC2)C(C)C)CC1. The van der Waals surface area contributed by atoms with Gasteiger partial charge in [-0.05, 0) is 50.1 Å². The molecule has 1 atom stereocenters. The molecule has 1 aliphatic heterocycles. The molecule has 3 nitrogen and oxygen atoms in total. The summed E-state index contributed by atoms with van der Waals surface area (Å²) >= 11 is 0. The van der Waals surface area contributed by atoms with E-state index in [-0.39, 0.29) is 5.92 Å². The van der Waals surface area contributed by atoms with E-state index >= 15 is 0 Å². The molecule has 1 saturated heterocycles. The third kappa shape index (κ3) is 5.77. The van der Waals surface area contributed by atoms with Crippen LogP contribution >= 0.6 is 0 Å². The van der Waals surface area contributed by atoms with E-state index in [1.165, 1.54) is 44.9 Å². The number of hydrogen-bond donors (Lipinski definition) is 1. The molecule has 0 bridgehead atoms. The molecular weight excluding hydrogens is 284 g/mol. The van der Waals surface area contributed by atoms with Crippen molar-refractivity contribution in [3.05, 3.63) is 0 Å². The summed E-state index contributed by atoms with van der Waals surface area (Å²) in [6.07, 6.45) is 10.3. The van der Waals surface area contributed by atoms with Gasteiger partial charge in [-0.2, -0.15) is 0 Å². The molecule has 1 aliphatic carbocycles. The monoisotopic (exact) mass is 322 g/mol. The Bertz CT molecular complexity index is 342. The van der Waals surface area contributed by atoms with Crippen molar-refractivity contribution in [2.24, 2.45) is 23.7 Å². The Kier molecular flexibility index (Phi) is 7.88. The molecule has 2 rings (SSSR count). The van der Waals surface area contributed by atoms with Gasteiger partial charge in [0.15, 0.2) is 0 Å². The Hall–Kier alpha value is -0.570. The zero-order valence-corrected chi connectivity index (χ0v) is 15.7. The average Bonchev–Trinajstić information content (AvgIpc) is 2.58. The molecule has 3 heteroatoms. The van der Waals surface area contributed by atoms with E-state index in [2.05, 4.69) is 31.0 Å². The van der Waals surface area contributed by atoms with Gasteiger partial charge in [-0.25, -0.2) is 0 Å². The second kappa shape index (κ2) is 9.66. The summed E-state index contributed by atoms with van der Waals surface area (Å²) in [6.45, 7) is 10.8. The van der Waals surface area contributed by atoms with Crippen molar-refractivity contribution in [1.82, 2.24) is 10.2 Å². The fourth-order valence-corrected chi connectivity index (χ4v) is 4.38. The first-order chi connectivity index (χ1) is 11.1. The molecule has 1 saturated carbocycles. The van der Waals surface area contributed by atoms with E-state index in [0.29, 0.717) is 11.8 Å². The summed E-state index contributed by atoms with van der Waals surface area (Å²) in [7, 11) is 0. The van der Waals surface area contributed by atoms with Crippen LogP contribution in [-0.2, 0) is 4.79 Å². The van der Waals surface area contributed by atoms with Gasteiger partial charge in [0, 0.05) is 19.0 Å². The Balaban J connectivity index is 1.83. The molecule has 1 N–H and O–H groups in total. The number of piperidine rings is 1. The number of hydrogen-bond acceptors (Lipinski definition) is 2. The number of nitrogens with one attached hydrogen (secondary N) is 1. The number of likely N-dealkylation sites (tertiary alicyclic amines) is 1. The lowest BCUT2D eigenvalue weighted by Crippen LogP contribution is -2.45. The summed E-state index contributed by atoms with van der Waals surface area (Å²) in [5, 5.41) is 3.45. The third-order valence-corrected chi connectivity index (χ3v) is 6.04. The predicted molar refractivity (Wildman–Crippen MR) is 97.4 cm³/mol. The van der Waals surface area contributed by atoms with E-state index < -0.39 is 0 Å². The molecule has 2 aliphatic rings. The van der Waals surface area contributed by atoms with Crippen molar-refractivity contribution in [3.8, 4) is 0 Å². The van der Waals surface area contributed by atoms with E-state index in [1.54, 1.807) is 0 Å². The van der Waals surface area contributed by atoms with Gasteiger partial charge in [-0.15, -0.1) is 0 Å². The number of amides is 1. The minimum atomic E-state index is 0.253. The van der Waals surface area contributed by atoms with Crippen molar-refractivity contribution in [2.75, 3.05) is 26.2 Å². The zero-order chi connectivity index (χ0) is 16.7. The normalized spacial score (nSPS) is 22.5. The molecule has 0 aromatic heterocycles. The lowest BCUT2D eigenvalue weighted by atomic mass is 9.78. The first-order valence-electron chi connectivity index (χ1n) is 10.1. The van der Waals surface area contributed by atoms with Gasteiger partial charge >= 0.3 is 0 Å². The highest BCUT2D eigenvalue weighted by molar-refractivity contribution is 5.79. The molecule has 0 aromatic rings. The van der Waals surface area contributed by atoms with Gasteiger partial charge in [0.1, 0.15) is 0 Å². The number of carbonyl (C=O) groups is 1. The van der Waals surface area contributed by atoms with E-state index in [1.807, 2.05) is 0 Å². The molecule has 1 amide bonds. The molecule has 23 heavy (non-hydrogen) atoms. The average molecular weight is 323 g/mol. The van der Waals surface area contributed by atoms with Gasteiger partial charge in [0.25, 0.3) is 0 Å². The summed E-state index contributed by atoms with van der Waals surface area (Å²) in [4.78, 5) is 15.2. The summed E-state index contributed by atoms with van der Waals surface area (Å²) in [5.41, 5.74) is 0. The van der Waals surface area contributed by atoms with Crippen LogP contribution in [0.2, 0.25) is 0 Å². The van der Waals surface area contributed by atoms with Crippen LogP contribution in [0.15, 0.2) is 0 Å². The maximum absolute atomic E-state index is 13.0. The van der Waals surface area contributed by atoms with Gasteiger partial charge in [0.2, 0.25) is 5.91 Å². The molecule has 1 heterocycles. The fraction of sp³-hybridized carbons (Fsp3) is 0.950. The topological polar surface area (TPSA) is 32.3 Å². The van der Waals surface area contributed by atoms with Crippen LogP contribution in [0.5, 0.6) is 0 Å². The number of carbonyl (C=O) groups excluding carboxylic acids is 1. The predicted octanol–water partition coefficient (Wildman–Crippen LogP) is 4.08. The Morgan fingerprint density at radius 3 is 2.26 bits per heavy atom. The van der Waals surface area contributed by atoms with E-state index in [4.69, 9.17) is 0 Å². The lowest BCUT2D eigenvalue weighted by Gasteiger charge is -2.36. The van der Waals surface area contributed by atoms with Crippen molar-refractivity contribution in [1.29, 1.82) is 0 Å². The molecule has 134 valence electrons. The Morgan fingerprint density at radius 1 is 1.04 bits per heavy atom. The van der Waals surface area contributed by atoms with Gasteiger partial charge in [0.05, 0.1) is 0 Å². The fourth-order valence-electron chi connectivity index (χ4n) is 4.38. The quantitative estimate of drug-likeness (QED) is 0.766. The molecule has 0 aromatic carbocycles. The first-order valence-corrected chi connectivity index (χ1v) is 10.1. The van der Waals surface area contributed by atoms with Crippen LogP contribution in [0.25, 0.3) is 0 Å². The lowest BCUT2D eigenvalue weighted by molar-refractivity contribution is -0.139. The van der Waals surface area contributed by atoms with Crippen molar-refractivity contribution < 1.29 is 4.79 Å². The van der Waals surface area contributed by atoms with Crippen LogP contribution in [0.4, 0.5) is 0 Å². The maximum atomic E-state index is 13.0. The number of nitrogens with zero attached hydrogens (tertiary/aromatic N) is 1. The zero-order valence-electron chi connectivity index (χ0n) is 15.7. The molecule has 2 fully saturated rings. The second-order valence-electron chi connectivity index (χ2n) is 8.17. The Morgan fingerprint density at radius 2 is 1.70 bits per heavy atom. The smallest absolute Gasteiger partial charge is 0.225 e. The van der Waals surface area contributed by atoms with Crippen molar-refractivity contribution >= 4 is 5.91 Å².